The fourth-order valence-electron chi connectivity index (χ4n) is 2.15. The Hall–Kier alpha value is -2.25. The Morgan fingerprint density at radius 1 is 1.36 bits per heavy atom. The fraction of sp³-hybridized carbons (Fsp3) is 0.429. The van der Waals surface area contributed by atoms with Gasteiger partial charge in [0.1, 0.15) is 0 Å². The zero-order chi connectivity index (χ0) is 16.2. The van der Waals surface area contributed by atoms with Crippen molar-refractivity contribution in [1.29, 1.82) is 0 Å². The quantitative estimate of drug-likeness (QED) is 0.797. The van der Waals surface area contributed by atoms with Crippen molar-refractivity contribution < 1.29 is 22.8 Å². The van der Waals surface area contributed by atoms with E-state index in [9.17, 15) is 22.8 Å². The van der Waals surface area contributed by atoms with E-state index in [-0.39, 0.29) is 24.8 Å². The molecule has 0 aliphatic carbocycles. The third-order valence-corrected chi connectivity index (χ3v) is 3.19. The van der Waals surface area contributed by atoms with Gasteiger partial charge in [-0.2, -0.15) is 13.2 Å². The van der Waals surface area contributed by atoms with Crippen LogP contribution in [0.3, 0.4) is 0 Å². The van der Waals surface area contributed by atoms with Crippen LogP contribution in [0.15, 0.2) is 24.3 Å². The SMILES string of the molecule is O=C1CC(NC(=O)Nc2cccc(CCC(F)(F)F)c2)CN1. The number of benzene rings is 1. The summed E-state index contributed by atoms with van der Waals surface area (Å²) < 4.78 is 36.6. The molecule has 1 aliphatic heterocycles. The number of anilines is 1. The second-order valence-electron chi connectivity index (χ2n) is 5.12. The lowest BCUT2D eigenvalue weighted by molar-refractivity contribution is -0.134. The lowest BCUT2D eigenvalue weighted by Crippen LogP contribution is -2.39. The van der Waals surface area contributed by atoms with Crippen LogP contribution in [0, 0.1) is 0 Å². The van der Waals surface area contributed by atoms with Gasteiger partial charge in [0.2, 0.25) is 5.91 Å². The molecule has 1 saturated heterocycles. The van der Waals surface area contributed by atoms with Crippen molar-refractivity contribution in [1.82, 2.24) is 10.6 Å². The van der Waals surface area contributed by atoms with E-state index in [0.717, 1.165) is 0 Å². The van der Waals surface area contributed by atoms with Crippen LogP contribution in [0.1, 0.15) is 18.4 Å². The molecule has 1 fully saturated rings. The Bertz CT molecular complexity index is 561. The van der Waals surface area contributed by atoms with Crippen molar-refractivity contribution in [3.8, 4) is 0 Å². The van der Waals surface area contributed by atoms with Crippen LogP contribution in [0.25, 0.3) is 0 Å². The molecule has 22 heavy (non-hydrogen) atoms. The maximum absolute atomic E-state index is 12.2. The van der Waals surface area contributed by atoms with Gasteiger partial charge in [-0.3, -0.25) is 4.79 Å². The highest BCUT2D eigenvalue weighted by molar-refractivity contribution is 5.90. The molecule has 1 unspecified atom stereocenters. The van der Waals surface area contributed by atoms with E-state index in [1.54, 1.807) is 18.2 Å². The van der Waals surface area contributed by atoms with E-state index in [2.05, 4.69) is 16.0 Å². The molecule has 2 rings (SSSR count). The zero-order valence-electron chi connectivity index (χ0n) is 11.7. The summed E-state index contributed by atoms with van der Waals surface area (Å²) in [6.45, 7) is 0.373. The predicted octanol–water partition coefficient (Wildman–Crippen LogP) is 2.19. The van der Waals surface area contributed by atoms with Gasteiger partial charge in [0, 0.05) is 25.1 Å². The summed E-state index contributed by atoms with van der Waals surface area (Å²) >= 11 is 0. The smallest absolute Gasteiger partial charge is 0.354 e. The van der Waals surface area contributed by atoms with Crippen molar-refractivity contribution in [2.24, 2.45) is 0 Å². The molecule has 120 valence electrons. The van der Waals surface area contributed by atoms with Crippen LogP contribution in [0.4, 0.5) is 23.7 Å². The summed E-state index contributed by atoms with van der Waals surface area (Å²) in [7, 11) is 0. The molecular weight excluding hydrogens is 299 g/mol. The molecule has 0 radical (unpaired) electrons. The Morgan fingerprint density at radius 2 is 2.14 bits per heavy atom. The summed E-state index contributed by atoms with van der Waals surface area (Å²) in [5.74, 6) is -0.126. The molecule has 3 amide bonds. The molecule has 1 aromatic carbocycles. The molecule has 3 N–H and O–H groups in total. The second-order valence-corrected chi connectivity index (χ2v) is 5.12. The number of hydrogen-bond acceptors (Lipinski definition) is 2. The third kappa shape index (κ3) is 5.27. The molecule has 1 heterocycles. The van der Waals surface area contributed by atoms with Gasteiger partial charge in [0.05, 0.1) is 6.04 Å². The van der Waals surface area contributed by atoms with Crippen molar-refractivity contribution in [3.63, 3.8) is 0 Å². The van der Waals surface area contributed by atoms with Crippen LogP contribution in [0.2, 0.25) is 0 Å². The average molecular weight is 315 g/mol. The van der Waals surface area contributed by atoms with E-state index in [0.29, 0.717) is 17.8 Å². The van der Waals surface area contributed by atoms with Crippen molar-refractivity contribution >= 4 is 17.6 Å². The number of alkyl halides is 3. The Labute approximate surface area is 125 Å². The predicted molar refractivity (Wildman–Crippen MR) is 74.4 cm³/mol. The first-order valence-electron chi connectivity index (χ1n) is 6.82. The van der Waals surface area contributed by atoms with Gasteiger partial charge in [-0.05, 0) is 24.1 Å². The van der Waals surface area contributed by atoms with Gasteiger partial charge in [0.15, 0.2) is 0 Å². The zero-order valence-corrected chi connectivity index (χ0v) is 11.7. The highest BCUT2D eigenvalue weighted by Gasteiger charge is 2.26. The number of carbonyl (C=O) groups is 2. The van der Waals surface area contributed by atoms with Crippen molar-refractivity contribution in [3.05, 3.63) is 29.8 Å². The normalized spacial score (nSPS) is 18.0. The fourth-order valence-corrected chi connectivity index (χ4v) is 2.15. The van der Waals surface area contributed by atoms with Crippen LogP contribution in [0.5, 0.6) is 0 Å². The van der Waals surface area contributed by atoms with E-state index >= 15 is 0 Å². The minimum absolute atomic E-state index is 0.126. The number of urea groups is 1. The highest BCUT2D eigenvalue weighted by atomic mass is 19.4. The van der Waals surface area contributed by atoms with Gasteiger partial charge in [-0.25, -0.2) is 4.79 Å². The van der Waals surface area contributed by atoms with Gasteiger partial charge < -0.3 is 16.0 Å². The number of nitrogens with one attached hydrogen (secondary N) is 3. The molecule has 0 aromatic heterocycles. The summed E-state index contributed by atoms with van der Waals surface area (Å²) in [6, 6.07) is 5.49. The molecule has 0 saturated carbocycles. The van der Waals surface area contributed by atoms with Gasteiger partial charge in [0.25, 0.3) is 0 Å². The van der Waals surface area contributed by atoms with Gasteiger partial charge >= 0.3 is 12.2 Å². The first kappa shape index (κ1) is 16.1. The van der Waals surface area contributed by atoms with E-state index in [1.807, 2.05) is 0 Å². The molecule has 8 heteroatoms. The third-order valence-electron chi connectivity index (χ3n) is 3.19. The number of rotatable bonds is 4. The lowest BCUT2D eigenvalue weighted by atomic mass is 10.1. The van der Waals surface area contributed by atoms with E-state index in [1.165, 1.54) is 6.07 Å². The van der Waals surface area contributed by atoms with Crippen molar-refractivity contribution in [2.75, 3.05) is 11.9 Å². The molecular formula is C14H16F3N3O2. The van der Waals surface area contributed by atoms with E-state index in [4.69, 9.17) is 0 Å². The topological polar surface area (TPSA) is 70.2 Å². The number of halogens is 3. The summed E-state index contributed by atoms with van der Waals surface area (Å²) in [5.41, 5.74) is 0.905. The first-order valence-corrected chi connectivity index (χ1v) is 6.82. The first-order chi connectivity index (χ1) is 10.3. The number of aryl methyl sites for hydroxylation is 1. The van der Waals surface area contributed by atoms with Crippen LogP contribution in [-0.2, 0) is 11.2 Å². The second kappa shape index (κ2) is 6.67. The van der Waals surface area contributed by atoms with E-state index < -0.39 is 18.6 Å². The monoisotopic (exact) mass is 315 g/mol. The molecule has 0 bridgehead atoms. The van der Waals surface area contributed by atoms with Crippen LogP contribution < -0.4 is 16.0 Å². The summed E-state index contributed by atoms with van der Waals surface area (Å²) in [6.07, 6.45) is -5.03. The number of hydrogen-bond donors (Lipinski definition) is 3. The summed E-state index contributed by atoms with van der Waals surface area (Å²) in [5, 5.41) is 7.76. The highest BCUT2D eigenvalue weighted by Crippen LogP contribution is 2.23. The lowest BCUT2D eigenvalue weighted by Gasteiger charge is -2.12. The Kier molecular flexibility index (Phi) is 4.89. The molecule has 0 spiro atoms. The number of amides is 3. The maximum atomic E-state index is 12.2. The molecule has 1 aliphatic rings. The molecule has 1 aromatic rings. The van der Waals surface area contributed by atoms with Crippen molar-refractivity contribution in [2.45, 2.75) is 31.5 Å². The Morgan fingerprint density at radius 3 is 2.77 bits per heavy atom. The molecule has 5 nitrogen and oxygen atoms in total. The minimum Gasteiger partial charge on any atom is -0.354 e. The largest absolute Gasteiger partial charge is 0.389 e. The van der Waals surface area contributed by atoms with Crippen LogP contribution >= 0.6 is 0 Å². The number of carbonyl (C=O) groups excluding carboxylic acids is 2. The minimum atomic E-state index is -4.21. The maximum Gasteiger partial charge on any atom is 0.389 e. The van der Waals surface area contributed by atoms with Gasteiger partial charge in [-0.1, -0.05) is 12.1 Å². The van der Waals surface area contributed by atoms with Gasteiger partial charge in [-0.15, -0.1) is 0 Å². The van der Waals surface area contributed by atoms with Crippen LogP contribution in [-0.4, -0.2) is 30.7 Å². The standard InChI is InChI=1S/C14H16F3N3O2/c15-14(16,17)5-4-9-2-1-3-10(6-9)19-13(22)20-11-7-12(21)18-8-11/h1-3,6,11H,4-5,7-8H2,(H,18,21)(H2,19,20,22). The molecule has 1 atom stereocenters. The summed E-state index contributed by atoms with van der Waals surface area (Å²) in [4.78, 5) is 22.8. The Balaban J connectivity index is 1.86. The average Bonchev–Trinajstić information content (AvgIpc) is 2.81.